The number of halogens is 1. The molecule has 0 bridgehead atoms. The van der Waals surface area contributed by atoms with Gasteiger partial charge in [-0.25, -0.2) is 9.37 Å². The van der Waals surface area contributed by atoms with Crippen molar-refractivity contribution in [3.8, 4) is 0 Å². The Balaban J connectivity index is 2.67. The standard InChI is InChI=1S/C8H6FNS2/c1-11-8-10-6-3-2-5(9)4-7(6)12-8/h2-4H,1H3. The van der Waals surface area contributed by atoms with E-state index in [9.17, 15) is 4.39 Å². The molecular formula is C8H6FNS2. The normalized spacial score (nSPS) is 10.8. The van der Waals surface area contributed by atoms with Crippen LogP contribution in [-0.2, 0) is 0 Å². The zero-order valence-electron chi connectivity index (χ0n) is 6.37. The van der Waals surface area contributed by atoms with Crippen LogP contribution in [0.2, 0.25) is 0 Å². The SMILES string of the molecule is CSc1nc2ccc(F)cc2s1. The highest BCUT2D eigenvalue weighted by Crippen LogP contribution is 2.28. The van der Waals surface area contributed by atoms with Crippen LogP contribution in [0.4, 0.5) is 4.39 Å². The van der Waals surface area contributed by atoms with Crippen molar-refractivity contribution in [1.82, 2.24) is 4.98 Å². The van der Waals surface area contributed by atoms with Crippen molar-refractivity contribution in [2.45, 2.75) is 4.34 Å². The molecule has 0 aliphatic heterocycles. The Morgan fingerprint density at radius 1 is 1.50 bits per heavy atom. The van der Waals surface area contributed by atoms with Gasteiger partial charge in [0.1, 0.15) is 5.82 Å². The van der Waals surface area contributed by atoms with E-state index in [0.29, 0.717) is 0 Å². The second kappa shape index (κ2) is 3.03. The number of thioether (sulfide) groups is 1. The molecule has 0 unspecified atom stereocenters. The number of aromatic nitrogens is 1. The second-order valence-corrected chi connectivity index (χ2v) is 4.38. The maximum Gasteiger partial charge on any atom is 0.150 e. The minimum atomic E-state index is -0.196. The summed E-state index contributed by atoms with van der Waals surface area (Å²) >= 11 is 3.11. The zero-order chi connectivity index (χ0) is 8.55. The van der Waals surface area contributed by atoms with Crippen molar-refractivity contribution in [3.05, 3.63) is 24.0 Å². The van der Waals surface area contributed by atoms with Crippen LogP contribution in [0.5, 0.6) is 0 Å². The van der Waals surface area contributed by atoms with E-state index in [1.165, 1.54) is 23.5 Å². The van der Waals surface area contributed by atoms with Gasteiger partial charge in [-0.3, -0.25) is 0 Å². The molecule has 1 aromatic heterocycles. The highest BCUT2D eigenvalue weighted by atomic mass is 32.2. The van der Waals surface area contributed by atoms with Gasteiger partial charge in [-0.2, -0.15) is 0 Å². The van der Waals surface area contributed by atoms with Crippen LogP contribution in [0.15, 0.2) is 22.5 Å². The number of fused-ring (bicyclic) bond motifs is 1. The molecule has 62 valence electrons. The first-order valence-corrected chi connectivity index (χ1v) is 5.44. The molecule has 4 heteroatoms. The lowest BCUT2D eigenvalue weighted by Gasteiger charge is -1.85. The van der Waals surface area contributed by atoms with Crippen molar-refractivity contribution < 1.29 is 4.39 Å². The van der Waals surface area contributed by atoms with E-state index in [2.05, 4.69) is 4.98 Å². The third-order valence-corrected chi connectivity index (χ3v) is 3.51. The zero-order valence-corrected chi connectivity index (χ0v) is 8.01. The highest BCUT2D eigenvalue weighted by molar-refractivity contribution is 8.00. The minimum absolute atomic E-state index is 0.196. The third-order valence-electron chi connectivity index (χ3n) is 1.51. The van der Waals surface area contributed by atoms with Crippen molar-refractivity contribution in [1.29, 1.82) is 0 Å². The third kappa shape index (κ3) is 1.32. The molecular weight excluding hydrogens is 193 g/mol. The van der Waals surface area contributed by atoms with Gasteiger partial charge in [0.2, 0.25) is 0 Å². The van der Waals surface area contributed by atoms with Gasteiger partial charge in [0.15, 0.2) is 4.34 Å². The summed E-state index contributed by atoms with van der Waals surface area (Å²) in [5.74, 6) is -0.196. The monoisotopic (exact) mass is 199 g/mol. The van der Waals surface area contributed by atoms with Gasteiger partial charge in [0.25, 0.3) is 0 Å². The maximum atomic E-state index is 12.7. The van der Waals surface area contributed by atoms with Gasteiger partial charge in [0, 0.05) is 0 Å². The fourth-order valence-corrected chi connectivity index (χ4v) is 2.48. The molecule has 0 saturated carbocycles. The van der Waals surface area contributed by atoms with Gasteiger partial charge in [-0.15, -0.1) is 11.3 Å². The molecule has 0 saturated heterocycles. The molecule has 2 rings (SSSR count). The molecule has 1 heterocycles. The Morgan fingerprint density at radius 3 is 3.08 bits per heavy atom. The van der Waals surface area contributed by atoms with E-state index in [-0.39, 0.29) is 5.82 Å². The molecule has 0 amide bonds. The molecule has 0 aliphatic rings. The van der Waals surface area contributed by atoms with E-state index in [4.69, 9.17) is 0 Å². The Labute approximate surface area is 77.6 Å². The van der Waals surface area contributed by atoms with Gasteiger partial charge in [0.05, 0.1) is 10.2 Å². The number of hydrogen-bond donors (Lipinski definition) is 0. The molecule has 0 radical (unpaired) electrons. The summed E-state index contributed by atoms with van der Waals surface area (Å²) in [7, 11) is 0. The molecule has 12 heavy (non-hydrogen) atoms. The molecule has 0 fully saturated rings. The molecule has 0 spiro atoms. The topological polar surface area (TPSA) is 12.9 Å². The van der Waals surface area contributed by atoms with Gasteiger partial charge >= 0.3 is 0 Å². The number of hydrogen-bond acceptors (Lipinski definition) is 3. The number of nitrogens with zero attached hydrogens (tertiary/aromatic N) is 1. The van der Waals surface area contributed by atoms with E-state index in [0.717, 1.165) is 14.6 Å². The largest absolute Gasteiger partial charge is 0.230 e. The number of thiazole rings is 1. The number of rotatable bonds is 1. The van der Waals surface area contributed by atoms with E-state index in [1.807, 2.05) is 6.26 Å². The van der Waals surface area contributed by atoms with E-state index in [1.54, 1.807) is 17.8 Å². The van der Waals surface area contributed by atoms with Crippen LogP contribution in [0.3, 0.4) is 0 Å². The predicted octanol–water partition coefficient (Wildman–Crippen LogP) is 3.16. The van der Waals surface area contributed by atoms with E-state index < -0.39 is 0 Å². The quantitative estimate of drug-likeness (QED) is 0.654. The second-order valence-electron chi connectivity index (χ2n) is 2.30. The van der Waals surface area contributed by atoms with Crippen LogP contribution in [0.25, 0.3) is 10.2 Å². The predicted molar refractivity (Wildman–Crippen MR) is 51.4 cm³/mol. The van der Waals surface area contributed by atoms with E-state index >= 15 is 0 Å². The first-order chi connectivity index (χ1) is 5.79. The lowest BCUT2D eigenvalue weighted by molar-refractivity contribution is 0.630. The summed E-state index contributed by atoms with van der Waals surface area (Å²) in [5, 5.41) is 0. The average molecular weight is 199 g/mol. The van der Waals surface area contributed by atoms with Crippen molar-refractivity contribution in [3.63, 3.8) is 0 Å². The van der Waals surface area contributed by atoms with Crippen LogP contribution < -0.4 is 0 Å². The summed E-state index contributed by atoms with van der Waals surface area (Å²) in [6, 6.07) is 4.67. The van der Waals surface area contributed by atoms with Crippen LogP contribution in [0.1, 0.15) is 0 Å². The van der Waals surface area contributed by atoms with Crippen molar-refractivity contribution in [2.24, 2.45) is 0 Å². The van der Waals surface area contributed by atoms with Crippen LogP contribution >= 0.6 is 23.1 Å². The molecule has 0 aliphatic carbocycles. The average Bonchev–Trinajstić information content (AvgIpc) is 2.46. The summed E-state index contributed by atoms with van der Waals surface area (Å²) in [6.45, 7) is 0. The fourth-order valence-electron chi connectivity index (χ4n) is 0.965. The summed E-state index contributed by atoms with van der Waals surface area (Å²) < 4.78 is 14.6. The minimum Gasteiger partial charge on any atom is -0.230 e. The lowest BCUT2D eigenvalue weighted by Crippen LogP contribution is -1.71. The Morgan fingerprint density at radius 2 is 2.33 bits per heavy atom. The van der Waals surface area contributed by atoms with Gasteiger partial charge in [-0.1, -0.05) is 11.8 Å². The summed E-state index contributed by atoms with van der Waals surface area (Å²) in [6.07, 6.45) is 1.97. The Bertz CT molecular complexity index is 410. The van der Waals surface area contributed by atoms with Gasteiger partial charge in [-0.05, 0) is 24.5 Å². The number of benzene rings is 1. The van der Waals surface area contributed by atoms with Crippen LogP contribution in [0, 0.1) is 5.82 Å². The first-order valence-electron chi connectivity index (χ1n) is 3.39. The first kappa shape index (κ1) is 8.01. The summed E-state index contributed by atoms with van der Waals surface area (Å²) in [5.41, 5.74) is 0.880. The smallest absolute Gasteiger partial charge is 0.150 e. The van der Waals surface area contributed by atoms with Gasteiger partial charge < -0.3 is 0 Å². The molecule has 2 aromatic rings. The highest BCUT2D eigenvalue weighted by Gasteiger charge is 2.02. The Hall–Kier alpha value is -0.610. The van der Waals surface area contributed by atoms with Crippen LogP contribution in [-0.4, -0.2) is 11.2 Å². The summed E-state index contributed by atoms with van der Waals surface area (Å²) in [4.78, 5) is 4.29. The fraction of sp³-hybridized carbons (Fsp3) is 0.125. The Kier molecular flexibility index (Phi) is 2.02. The van der Waals surface area contributed by atoms with Crippen molar-refractivity contribution in [2.75, 3.05) is 6.26 Å². The molecule has 1 nitrogen and oxygen atoms in total. The molecule has 0 atom stereocenters. The lowest BCUT2D eigenvalue weighted by atomic mass is 10.3. The molecule has 0 N–H and O–H groups in total. The van der Waals surface area contributed by atoms with Crippen molar-refractivity contribution >= 4 is 33.3 Å². The molecule has 1 aromatic carbocycles. The maximum absolute atomic E-state index is 12.7.